The van der Waals surface area contributed by atoms with Gasteiger partial charge in [-0.15, -0.1) is 0 Å². The molecule has 0 bridgehead atoms. The molecule has 0 aliphatic heterocycles. The van der Waals surface area contributed by atoms with Crippen LogP contribution in [0.2, 0.25) is 0 Å². The van der Waals surface area contributed by atoms with Gasteiger partial charge in [0, 0.05) is 0 Å². The van der Waals surface area contributed by atoms with Gasteiger partial charge in [-0.2, -0.15) is 0 Å². The molecule has 0 unspecified atom stereocenters. The van der Waals surface area contributed by atoms with Crippen LogP contribution in [0.4, 0.5) is 0 Å². The van der Waals surface area contributed by atoms with Crippen molar-refractivity contribution in [2.45, 2.75) is 6.92 Å². The van der Waals surface area contributed by atoms with E-state index in [-0.39, 0.29) is 0 Å². The fourth-order valence-electron chi connectivity index (χ4n) is 1.01. The maximum absolute atomic E-state index is 5.45. The Bertz CT molecular complexity index is 312. The summed E-state index contributed by atoms with van der Waals surface area (Å²) in [6.07, 6.45) is 5.14. The van der Waals surface area contributed by atoms with Gasteiger partial charge in [0.15, 0.2) is 0 Å². The Morgan fingerprint density at radius 1 is 1.20 bits per heavy atom. The predicted octanol–water partition coefficient (Wildman–Crippen LogP) is 3.09. The Morgan fingerprint density at radius 3 is 2.60 bits per heavy atom. The number of aryl methyl sites for hydroxylation is 1. The minimum Gasteiger partial charge on any atom is -0.497 e. The van der Waals surface area contributed by atoms with Crippen molar-refractivity contribution in [3.05, 3.63) is 54.8 Å². The fraction of sp³-hybridized carbons (Fsp3) is 0.231. The number of rotatable bonds is 6. The lowest BCUT2D eigenvalue weighted by Crippen LogP contribution is -1.93. The van der Waals surface area contributed by atoms with Gasteiger partial charge in [-0.3, -0.25) is 0 Å². The Kier molecular flexibility index (Phi) is 5.09. The zero-order chi connectivity index (χ0) is 10.9. The van der Waals surface area contributed by atoms with E-state index in [4.69, 9.17) is 9.47 Å². The highest BCUT2D eigenvalue weighted by atomic mass is 16.5. The van der Waals surface area contributed by atoms with Gasteiger partial charge in [0.05, 0.1) is 6.26 Å². The maximum Gasteiger partial charge on any atom is 0.119 e. The molecule has 0 radical (unpaired) electrons. The Morgan fingerprint density at radius 2 is 1.93 bits per heavy atom. The van der Waals surface area contributed by atoms with Crippen molar-refractivity contribution in [1.29, 1.82) is 0 Å². The first-order chi connectivity index (χ1) is 7.33. The molecule has 1 rings (SSSR count). The second-order valence-electron chi connectivity index (χ2n) is 3.12. The van der Waals surface area contributed by atoms with Crippen LogP contribution in [0.1, 0.15) is 5.56 Å². The van der Waals surface area contributed by atoms with Crippen molar-refractivity contribution in [2.75, 3.05) is 13.2 Å². The average molecular weight is 204 g/mol. The molecule has 0 N–H and O–H groups in total. The summed E-state index contributed by atoms with van der Waals surface area (Å²) < 4.78 is 10.5. The molecule has 0 aliphatic rings. The molecule has 0 spiro atoms. The van der Waals surface area contributed by atoms with E-state index in [1.54, 1.807) is 12.3 Å². The summed E-state index contributed by atoms with van der Waals surface area (Å²) in [5, 5.41) is 0. The van der Waals surface area contributed by atoms with Gasteiger partial charge in [0.1, 0.15) is 19.0 Å². The van der Waals surface area contributed by atoms with Crippen LogP contribution in [-0.4, -0.2) is 13.2 Å². The first kappa shape index (κ1) is 11.4. The standard InChI is InChI=1S/C13H16O2/c1-3-9-14-10-4-11-15-13-7-5-12(2)6-8-13/h3-8,10H,1,9,11H2,2H3. The van der Waals surface area contributed by atoms with Crippen molar-refractivity contribution in [3.63, 3.8) is 0 Å². The van der Waals surface area contributed by atoms with E-state index in [0.717, 1.165) is 5.75 Å². The van der Waals surface area contributed by atoms with Crippen molar-refractivity contribution in [1.82, 2.24) is 0 Å². The summed E-state index contributed by atoms with van der Waals surface area (Å²) >= 11 is 0. The lowest BCUT2D eigenvalue weighted by atomic mass is 10.2. The van der Waals surface area contributed by atoms with Gasteiger partial charge < -0.3 is 9.47 Å². The lowest BCUT2D eigenvalue weighted by molar-refractivity contribution is 0.282. The summed E-state index contributed by atoms with van der Waals surface area (Å²) in [4.78, 5) is 0. The minimum atomic E-state index is 0.514. The van der Waals surface area contributed by atoms with Crippen LogP contribution in [0.15, 0.2) is 49.3 Å². The van der Waals surface area contributed by atoms with E-state index in [9.17, 15) is 0 Å². The van der Waals surface area contributed by atoms with E-state index in [1.807, 2.05) is 37.3 Å². The number of hydrogen-bond acceptors (Lipinski definition) is 2. The Balaban J connectivity index is 2.22. The highest BCUT2D eigenvalue weighted by Crippen LogP contribution is 2.10. The highest BCUT2D eigenvalue weighted by Gasteiger charge is 1.89. The third-order valence-electron chi connectivity index (χ3n) is 1.77. The molecule has 0 saturated carbocycles. The zero-order valence-corrected chi connectivity index (χ0v) is 8.98. The summed E-state index contributed by atoms with van der Waals surface area (Å²) in [6, 6.07) is 7.95. The average Bonchev–Trinajstić information content (AvgIpc) is 2.26. The van der Waals surface area contributed by atoms with Crippen molar-refractivity contribution in [3.8, 4) is 5.75 Å². The van der Waals surface area contributed by atoms with Crippen LogP contribution in [0.25, 0.3) is 0 Å². The van der Waals surface area contributed by atoms with E-state index >= 15 is 0 Å². The van der Waals surface area contributed by atoms with Gasteiger partial charge in [-0.05, 0) is 25.1 Å². The molecular formula is C13H16O2. The summed E-state index contributed by atoms with van der Waals surface area (Å²) in [6.45, 7) is 6.64. The Labute approximate surface area is 90.8 Å². The summed E-state index contributed by atoms with van der Waals surface area (Å²) in [5.74, 6) is 0.869. The summed E-state index contributed by atoms with van der Waals surface area (Å²) in [5.41, 5.74) is 1.23. The smallest absolute Gasteiger partial charge is 0.119 e. The molecular weight excluding hydrogens is 188 g/mol. The van der Waals surface area contributed by atoms with Crippen LogP contribution in [0.5, 0.6) is 5.75 Å². The van der Waals surface area contributed by atoms with Gasteiger partial charge in [0.2, 0.25) is 0 Å². The molecule has 0 amide bonds. The van der Waals surface area contributed by atoms with Crippen LogP contribution in [0, 0.1) is 6.92 Å². The third kappa shape index (κ3) is 4.91. The number of ether oxygens (including phenoxy) is 2. The van der Waals surface area contributed by atoms with Crippen molar-refractivity contribution >= 4 is 0 Å². The first-order valence-corrected chi connectivity index (χ1v) is 4.90. The maximum atomic E-state index is 5.45. The lowest BCUT2D eigenvalue weighted by Gasteiger charge is -2.02. The van der Waals surface area contributed by atoms with Gasteiger partial charge in [-0.1, -0.05) is 30.4 Å². The van der Waals surface area contributed by atoms with Gasteiger partial charge >= 0.3 is 0 Å². The second-order valence-corrected chi connectivity index (χ2v) is 3.12. The molecule has 2 heteroatoms. The zero-order valence-electron chi connectivity index (χ0n) is 8.98. The molecule has 0 atom stereocenters. The SMILES string of the molecule is C=CCOC=CCOc1ccc(C)cc1. The summed E-state index contributed by atoms with van der Waals surface area (Å²) in [7, 11) is 0. The number of hydrogen-bond donors (Lipinski definition) is 0. The van der Waals surface area contributed by atoms with E-state index in [0.29, 0.717) is 13.2 Å². The molecule has 0 aliphatic carbocycles. The van der Waals surface area contributed by atoms with Crippen LogP contribution in [0.3, 0.4) is 0 Å². The van der Waals surface area contributed by atoms with Crippen LogP contribution < -0.4 is 4.74 Å². The minimum absolute atomic E-state index is 0.514. The van der Waals surface area contributed by atoms with E-state index < -0.39 is 0 Å². The van der Waals surface area contributed by atoms with Crippen LogP contribution >= 0.6 is 0 Å². The van der Waals surface area contributed by atoms with Crippen LogP contribution in [-0.2, 0) is 4.74 Å². The quantitative estimate of drug-likeness (QED) is 0.403. The molecule has 1 aromatic rings. The normalized spacial score (nSPS) is 10.2. The van der Waals surface area contributed by atoms with E-state index in [2.05, 4.69) is 6.58 Å². The molecule has 0 heterocycles. The largest absolute Gasteiger partial charge is 0.497 e. The van der Waals surface area contributed by atoms with E-state index in [1.165, 1.54) is 5.56 Å². The van der Waals surface area contributed by atoms with Gasteiger partial charge in [-0.25, -0.2) is 0 Å². The molecule has 1 aromatic carbocycles. The van der Waals surface area contributed by atoms with Gasteiger partial charge in [0.25, 0.3) is 0 Å². The molecule has 0 aromatic heterocycles. The molecule has 15 heavy (non-hydrogen) atoms. The molecule has 2 nitrogen and oxygen atoms in total. The molecule has 80 valence electrons. The predicted molar refractivity (Wildman–Crippen MR) is 62.0 cm³/mol. The molecule has 0 fully saturated rings. The Hall–Kier alpha value is -1.70. The fourth-order valence-corrected chi connectivity index (χ4v) is 1.01. The topological polar surface area (TPSA) is 18.5 Å². The third-order valence-corrected chi connectivity index (χ3v) is 1.77. The van der Waals surface area contributed by atoms with Crippen molar-refractivity contribution < 1.29 is 9.47 Å². The molecule has 0 saturated heterocycles. The number of benzene rings is 1. The highest BCUT2D eigenvalue weighted by molar-refractivity contribution is 5.26. The monoisotopic (exact) mass is 204 g/mol. The first-order valence-electron chi connectivity index (χ1n) is 4.90. The van der Waals surface area contributed by atoms with Crippen molar-refractivity contribution in [2.24, 2.45) is 0 Å². The second kappa shape index (κ2) is 6.71.